The van der Waals surface area contributed by atoms with Gasteiger partial charge in [-0.2, -0.15) is 0 Å². The van der Waals surface area contributed by atoms with Crippen LogP contribution in [-0.2, 0) is 10.0 Å². The molecular weight excluding hydrogens is 274 g/mol. The van der Waals surface area contributed by atoms with E-state index >= 15 is 0 Å². The molecular formula is C14H23N3O2S. The second kappa shape index (κ2) is 5.71. The third kappa shape index (κ3) is 3.13. The van der Waals surface area contributed by atoms with Crippen LogP contribution in [0.15, 0.2) is 29.2 Å². The molecule has 1 aromatic carbocycles. The number of anilines is 1. The molecule has 20 heavy (non-hydrogen) atoms. The number of nitrogens with one attached hydrogen (secondary N) is 2. The van der Waals surface area contributed by atoms with Crippen molar-refractivity contribution in [2.24, 2.45) is 5.73 Å². The Hall–Kier alpha value is -1.11. The second-order valence-electron chi connectivity index (χ2n) is 5.74. The van der Waals surface area contributed by atoms with Crippen molar-refractivity contribution < 1.29 is 8.42 Å². The largest absolute Gasteiger partial charge is 0.377 e. The fraction of sp³-hybridized carbons (Fsp3) is 0.571. The molecule has 5 nitrogen and oxygen atoms in total. The number of para-hydroxylation sites is 1. The molecule has 4 N–H and O–H groups in total. The average molecular weight is 297 g/mol. The highest BCUT2D eigenvalue weighted by molar-refractivity contribution is 7.89. The maximum Gasteiger partial charge on any atom is 0.242 e. The summed E-state index contributed by atoms with van der Waals surface area (Å²) >= 11 is 0. The predicted octanol–water partition coefficient (Wildman–Crippen LogP) is 1.67. The van der Waals surface area contributed by atoms with E-state index in [4.69, 9.17) is 5.73 Å². The van der Waals surface area contributed by atoms with Crippen LogP contribution >= 0.6 is 0 Å². The Labute approximate surface area is 121 Å². The van der Waals surface area contributed by atoms with Gasteiger partial charge in [-0.1, -0.05) is 12.1 Å². The fourth-order valence-corrected chi connectivity index (χ4v) is 3.86. The van der Waals surface area contributed by atoms with E-state index in [0.717, 1.165) is 19.3 Å². The summed E-state index contributed by atoms with van der Waals surface area (Å²) in [5, 5.41) is 3.35. The zero-order valence-electron chi connectivity index (χ0n) is 12.0. The van der Waals surface area contributed by atoms with Gasteiger partial charge in [0, 0.05) is 18.1 Å². The first-order valence-corrected chi connectivity index (χ1v) is 8.46. The van der Waals surface area contributed by atoms with Gasteiger partial charge in [0.15, 0.2) is 0 Å². The number of sulfonamides is 1. The van der Waals surface area contributed by atoms with Crippen molar-refractivity contribution in [1.82, 2.24) is 4.72 Å². The molecule has 1 fully saturated rings. The van der Waals surface area contributed by atoms with Crippen LogP contribution in [0.5, 0.6) is 0 Å². The molecule has 0 amide bonds. The molecule has 0 spiro atoms. The van der Waals surface area contributed by atoms with Crippen LogP contribution in [0.25, 0.3) is 0 Å². The smallest absolute Gasteiger partial charge is 0.242 e. The van der Waals surface area contributed by atoms with Crippen LogP contribution in [-0.4, -0.2) is 26.5 Å². The van der Waals surface area contributed by atoms with Crippen LogP contribution in [0, 0.1) is 0 Å². The van der Waals surface area contributed by atoms with E-state index in [9.17, 15) is 8.42 Å². The Morgan fingerprint density at radius 3 is 2.45 bits per heavy atom. The maximum atomic E-state index is 12.4. The van der Waals surface area contributed by atoms with Gasteiger partial charge in [0.1, 0.15) is 4.90 Å². The average Bonchev–Trinajstić information content (AvgIpc) is 2.32. The summed E-state index contributed by atoms with van der Waals surface area (Å²) in [6.45, 7) is 4.13. The number of rotatable bonds is 6. The summed E-state index contributed by atoms with van der Waals surface area (Å²) in [7, 11) is -3.51. The van der Waals surface area contributed by atoms with Crippen molar-refractivity contribution in [3.8, 4) is 0 Å². The molecule has 1 aromatic rings. The summed E-state index contributed by atoms with van der Waals surface area (Å²) in [5.41, 5.74) is 6.31. The maximum absolute atomic E-state index is 12.4. The topological polar surface area (TPSA) is 84.2 Å². The van der Waals surface area contributed by atoms with Crippen LogP contribution in [0.2, 0.25) is 0 Å². The molecule has 0 unspecified atom stereocenters. The molecule has 1 aliphatic rings. The van der Waals surface area contributed by atoms with Gasteiger partial charge < -0.3 is 11.1 Å². The monoisotopic (exact) mass is 297 g/mol. The van der Waals surface area contributed by atoms with E-state index < -0.39 is 10.0 Å². The molecule has 0 bridgehead atoms. The molecule has 112 valence electrons. The Balaban J connectivity index is 2.31. The number of nitrogens with two attached hydrogens (primary N) is 1. The van der Waals surface area contributed by atoms with Crippen molar-refractivity contribution in [3.63, 3.8) is 0 Å². The minimum atomic E-state index is -3.51. The minimum absolute atomic E-state index is 0.139. The van der Waals surface area contributed by atoms with Gasteiger partial charge in [0.2, 0.25) is 10.0 Å². The van der Waals surface area contributed by atoms with Crippen LogP contribution < -0.4 is 15.8 Å². The summed E-state index contributed by atoms with van der Waals surface area (Å²) in [4.78, 5) is 0.286. The van der Waals surface area contributed by atoms with Crippen molar-refractivity contribution >= 4 is 15.7 Å². The lowest BCUT2D eigenvalue weighted by molar-refractivity contribution is 0.287. The van der Waals surface area contributed by atoms with Crippen LogP contribution in [0.4, 0.5) is 5.69 Å². The van der Waals surface area contributed by atoms with E-state index in [1.54, 1.807) is 32.0 Å². The van der Waals surface area contributed by atoms with Gasteiger partial charge >= 0.3 is 0 Å². The first-order valence-electron chi connectivity index (χ1n) is 6.98. The van der Waals surface area contributed by atoms with Crippen molar-refractivity contribution in [2.75, 3.05) is 11.9 Å². The van der Waals surface area contributed by atoms with Crippen molar-refractivity contribution in [3.05, 3.63) is 24.3 Å². The Kier molecular flexibility index (Phi) is 4.36. The van der Waals surface area contributed by atoms with Gasteiger partial charge in [-0.15, -0.1) is 0 Å². The molecule has 0 aromatic heterocycles. The van der Waals surface area contributed by atoms with Crippen molar-refractivity contribution in [1.29, 1.82) is 0 Å². The molecule has 0 saturated heterocycles. The highest BCUT2D eigenvalue weighted by Crippen LogP contribution is 2.36. The molecule has 0 heterocycles. The highest BCUT2D eigenvalue weighted by atomic mass is 32.2. The third-order valence-corrected chi connectivity index (χ3v) is 5.39. The molecule has 0 radical (unpaired) electrons. The second-order valence-corrected chi connectivity index (χ2v) is 7.42. The first-order chi connectivity index (χ1) is 9.38. The van der Waals surface area contributed by atoms with E-state index in [0.29, 0.717) is 12.2 Å². The van der Waals surface area contributed by atoms with Gasteiger partial charge in [-0.25, -0.2) is 13.1 Å². The molecule has 0 atom stereocenters. The predicted molar refractivity (Wildman–Crippen MR) is 81.2 cm³/mol. The van der Waals surface area contributed by atoms with Gasteiger partial charge in [-0.05, 0) is 45.2 Å². The zero-order chi connectivity index (χ0) is 14.8. The Morgan fingerprint density at radius 1 is 1.30 bits per heavy atom. The van der Waals surface area contributed by atoms with Crippen LogP contribution in [0.3, 0.4) is 0 Å². The summed E-state index contributed by atoms with van der Waals surface area (Å²) in [6.07, 6.45) is 3.09. The fourth-order valence-electron chi connectivity index (χ4n) is 2.45. The molecule has 1 saturated carbocycles. The van der Waals surface area contributed by atoms with Crippen LogP contribution in [0.1, 0.15) is 33.1 Å². The van der Waals surface area contributed by atoms with E-state index in [1.165, 1.54) is 0 Å². The lowest BCUT2D eigenvalue weighted by Gasteiger charge is -2.42. The molecule has 1 aliphatic carbocycles. The van der Waals surface area contributed by atoms with Gasteiger partial charge in [0.05, 0.1) is 5.69 Å². The van der Waals surface area contributed by atoms with Crippen molar-refractivity contribution in [2.45, 2.75) is 49.6 Å². The standard InChI is InChI=1S/C14H23N3O2S/c1-11(2)17-20(18,19)13-7-4-3-6-12(13)16-14(10-15)8-5-9-14/h3-4,6-7,11,16-17H,5,8-10,15H2,1-2H3. The number of benzene rings is 1. The Bertz CT molecular complexity index is 560. The zero-order valence-corrected chi connectivity index (χ0v) is 12.8. The summed E-state index contributed by atoms with van der Waals surface area (Å²) < 4.78 is 27.3. The first kappa shape index (κ1) is 15.3. The van der Waals surface area contributed by atoms with E-state index in [-0.39, 0.29) is 16.5 Å². The third-order valence-electron chi connectivity index (χ3n) is 3.67. The van der Waals surface area contributed by atoms with E-state index in [1.807, 2.05) is 6.07 Å². The van der Waals surface area contributed by atoms with Gasteiger partial charge in [0.25, 0.3) is 0 Å². The van der Waals surface area contributed by atoms with Gasteiger partial charge in [-0.3, -0.25) is 0 Å². The Morgan fingerprint density at radius 2 is 1.95 bits per heavy atom. The summed E-state index contributed by atoms with van der Waals surface area (Å²) in [6, 6.07) is 6.84. The summed E-state index contributed by atoms with van der Waals surface area (Å²) in [5.74, 6) is 0. The number of hydrogen-bond acceptors (Lipinski definition) is 4. The molecule has 2 rings (SSSR count). The SMILES string of the molecule is CC(C)NS(=O)(=O)c1ccccc1NC1(CN)CCC1. The lowest BCUT2D eigenvalue weighted by Crippen LogP contribution is -2.51. The minimum Gasteiger partial charge on any atom is -0.377 e. The van der Waals surface area contributed by atoms with E-state index in [2.05, 4.69) is 10.0 Å². The normalized spacial score (nSPS) is 17.8. The quantitative estimate of drug-likeness (QED) is 0.745. The molecule has 6 heteroatoms. The molecule has 0 aliphatic heterocycles. The number of hydrogen-bond donors (Lipinski definition) is 3. The highest BCUT2D eigenvalue weighted by Gasteiger charge is 2.36. The lowest BCUT2D eigenvalue weighted by atomic mass is 9.76.